The zero-order valence-electron chi connectivity index (χ0n) is 11.7. The minimum absolute atomic E-state index is 0.0519. The zero-order valence-corrected chi connectivity index (χ0v) is 13.4. The Labute approximate surface area is 120 Å². The van der Waals surface area contributed by atoms with Gasteiger partial charge in [-0.2, -0.15) is 11.8 Å². The third-order valence-corrected chi connectivity index (χ3v) is 7.17. The summed E-state index contributed by atoms with van der Waals surface area (Å²) in [6, 6.07) is 0. The summed E-state index contributed by atoms with van der Waals surface area (Å²) in [5, 5.41) is 2.87. The first-order valence-corrected chi connectivity index (χ1v) is 9.72. The van der Waals surface area contributed by atoms with E-state index in [2.05, 4.69) is 17.1 Å². The summed E-state index contributed by atoms with van der Waals surface area (Å²) in [4.78, 5) is 2.07. The molecular weight excluding hydrogens is 284 g/mol. The van der Waals surface area contributed by atoms with Crippen molar-refractivity contribution in [2.45, 2.75) is 24.8 Å². The molecule has 0 amide bonds. The summed E-state index contributed by atoms with van der Waals surface area (Å²) in [6.45, 7) is 7.75. The molecule has 0 aliphatic carbocycles. The van der Waals surface area contributed by atoms with E-state index < -0.39 is 9.84 Å². The van der Waals surface area contributed by atoms with Crippen LogP contribution in [0.4, 0.5) is 0 Å². The molecule has 0 aromatic rings. The molecule has 2 aliphatic heterocycles. The lowest BCUT2D eigenvalue weighted by Gasteiger charge is -2.40. The van der Waals surface area contributed by atoms with Crippen molar-refractivity contribution in [3.63, 3.8) is 0 Å². The quantitative estimate of drug-likeness (QED) is 0.755. The maximum atomic E-state index is 12.1. The molecule has 0 saturated carbocycles. The van der Waals surface area contributed by atoms with Crippen LogP contribution in [-0.4, -0.2) is 74.3 Å². The molecule has 0 spiro atoms. The van der Waals surface area contributed by atoms with Gasteiger partial charge >= 0.3 is 0 Å². The summed E-state index contributed by atoms with van der Waals surface area (Å²) in [5.74, 6) is 1.92. The van der Waals surface area contributed by atoms with Gasteiger partial charge in [0.05, 0.1) is 12.2 Å². The molecule has 2 saturated heterocycles. The molecular formula is C12H24N2O3S2. The fraction of sp³-hybridized carbons (Fsp3) is 1.00. The molecule has 1 atom stereocenters. The molecule has 19 heavy (non-hydrogen) atoms. The second kappa shape index (κ2) is 6.30. The van der Waals surface area contributed by atoms with Gasteiger partial charge in [-0.3, -0.25) is 4.90 Å². The minimum Gasteiger partial charge on any atom is -0.371 e. The second-order valence-corrected chi connectivity index (χ2v) is 9.02. The van der Waals surface area contributed by atoms with Gasteiger partial charge in [0, 0.05) is 43.4 Å². The van der Waals surface area contributed by atoms with Gasteiger partial charge < -0.3 is 10.1 Å². The Hall–Kier alpha value is 0.180. The van der Waals surface area contributed by atoms with Gasteiger partial charge in [-0.1, -0.05) is 6.92 Å². The number of hydrogen-bond donors (Lipinski definition) is 1. The molecule has 0 bridgehead atoms. The summed E-state index contributed by atoms with van der Waals surface area (Å²) in [6.07, 6.45) is 0. The highest BCUT2D eigenvalue weighted by molar-refractivity contribution is 8.01. The molecule has 0 aromatic carbocycles. The van der Waals surface area contributed by atoms with Gasteiger partial charge in [-0.05, 0) is 6.92 Å². The van der Waals surface area contributed by atoms with Crippen molar-refractivity contribution in [2.75, 3.05) is 50.0 Å². The van der Waals surface area contributed by atoms with Crippen molar-refractivity contribution < 1.29 is 13.2 Å². The first kappa shape index (κ1) is 15.6. The van der Waals surface area contributed by atoms with Crippen LogP contribution in [0.25, 0.3) is 0 Å². The number of nitrogens with one attached hydrogen (secondary N) is 1. The first-order chi connectivity index (χ1) is 8.97. The van der Waals surface area contributed by atoms with Crippen molar-refractivity contribution in [3.8, 4) is 0 Å². The smallest absolute Gasteiger partial charge is 0.166 e. The van der Waals surface area contributed by atoms with Gasteiger partial charge in [-0.25, -0.2) is 8.42 Å². The van der Waals surface area contributed by atoms with E-state index in [1.165, 1.54) is 0 Å². The topological polar surface area (TPSA) is 58.6 Å². The molecule has 0 radical (unpaired) electrons. The van der Waals surface area contributed by atoms with Crippen molar-refractivity contribution >= 4 is 21.6 Å². The van der Waals surface area contributed by atoms with Gasteiger partial charge in [0.25, 0.3) is 0 Å². The van der Waals surface area contributed by atoms with E-state index in [0.29, 0.717) is 18.9 Å². The van der Waals surface area contributed by atoms with E-state index in [9.17, 15) is 8.42 Å². The van der Waals surface area contributed by atoms with Crippen molar-refractivity contribution in [1.29, 1.82) is 0 Å². The standard InChI is InChI=1S/C12H24N2O3S2/c1-3-19(15,16)11-8-18-7-5-14(11)4-6-17-12(2)9-13-10-12/h11,13H,3-10H2,1-2H3. The van der Waals surface area contributed by atoms with Crippen molar-refractivity contribution in [3.05, 3.63) is 0 Å². The van der Waals surface area contributed by atoms with Crippen LogP contribution < -0.4 is 5.32 Å². The number of rotatable bonds is 6. The van der Waals surface area contributed by atoms with Crippen LogP contribution in [0.3, 0.4) is 0 Å². The highest BCUT2D eigenvalue weighted by atomic mass is 32.2. The van der Waals surface area contributed by atoms with E-state index in [1.807, 2.05) is 0 Å². The van der Waals surface area contributed by atoms with E-state index >= 15 is 0 Å². The van der Waals surface area contributed by atoms with Crippen molar-refractivity contribution in [1.82, 2.24) is 10.2 Å². The molecule has 2 heterocycles. The van der Waals surface area contributed by atoms with Gasteiger partial charge in [-0.15, -0.1) is 0 Å². The Balaban J connectivity index is 1.85. The summed E-state index contributed by atoms with van der Waals surface area (Å²) in [5.41, 5.74) is -0.0519. The fourth-order valence-corrected chi connectivity index (χ4v) is 5.49. The molecule has 7 heteroatoms. The van der Waals surface area contributed by atoms with E-state index in [1.54, 1.807) is 18.7 Å². The number of sulfone groups is 1. The van der Waals surface area contributed by atoms with Crippen LogP contribution in [0, 0.1) is 0 Å². The minimum atomic E-state index is -2.99. The average Bonchev–Trinajstić information content (AvgIpc) is 2.37. The molecule has 0 aromatic heterocycles. The Morgan fingerprint density at radius 3 is 2.79 bits per heavy atom. The highest BCUT2D eigenvalue weighted by Crippen LogP contribution is 2.22. The Morgan fingerprint density at radius 1 is 1.47 bits per heavy atom. The Kier molecular flexibility index (Phi) is 5.16. The number of nitrogens with zero attached hydrogens (tertiary/aromatic N) is 1. The van der Waals surface area contributed by atoms with Crippen molar-refractivity contribution in [2.24, 2.45) is 0 Å². The first-order valence-electron chi connectivity index (χ1n) is 6.85. The van der Waals surface area contributed by atoms with Crippen LogP contribution >= 0.6 is 11.8 Å². The summed E-state index contributed by atoms with van der Waals surface area (Å²) in [7, 11) is -2.99. The highest BCUT2D eigenvalue weighted by Gasteiger charge is 2.35. The summed E-state index contributed by atoms with van der Waals surface area (Å²) >= 11 is 1.73. The molecule has 5 nitrogen and oxygen atoms in total. The lowest BCUT2D eigenvalue weighted by atomic mass is 10.0. The molecule has 2 aliphatic rings. The van der Waals surface area contributed by atoms with Gasteiger partial charge in [0.1, 0.15) is 5.37 Å². The van der Waals surface area contributed by atoms with E-state index in [0.717, 1.165) is 25.4 Å². The molecule has 1 unspecified atom stereocenters. The molecule has 2 rings (SSSR count). The normalized spacial score (nSPS) is 28.0. The van der Waals surface area contributed by atoms with Crippen LogP contribution in [-0.2, 0) is 14.6 Å². The van der Waals surface area contributed by atoms with Crippen LogP contribution in [0.5, 0.6) is 0 Å². The monoisotopic (exact) mass is 308 g/mol. The average molecular weight is 308 g/mol. The fourth-order valence-electron chi connectivity index (χ4n) is 2.38. The SMILES string of the molecule is CCS(=O)(=O)C1CSCCN1CCOC1(C)CNC1. The van der Waals surface area contributed by atoms with Crippen LogP contribution in [0.2, 0.25) is 0 Å². The number of ether oxygens (including phenoxy) is 1. The van der Waals surface area contributed by atoms with Gasteiger partial charge in [0.15, 0.2) is 9.84 Å². The molecule has 2 fully saturated rings. The van der Waals surface area contributed by atoms with Gasteiger partial charge in [0.2, 0.25) is 0 Å². The van der Waals surface area contributed by atoms with Crippen LogP contribution in [0.15, 0.2) is 0 Å². The predicted molar refractivity (Wildman–Crippen MR) is 79.4 cm³/mol. The predicted octanol–water partition coefficient (Wildman–Crippen LogP) is 0.175. The third-order valence-electron chi connectivity index (χ3n) is 3.83. The maximum Gasteiger partial charge on any atom is 0.166 e. The Bertz CT molecular complexity index is 396. The number of hydrogen-bond acceptors (Lipinski definition) is 6. The molecule has 112 valence electrons. The largest absolute Gasteiger partial charge is 0.371 e. The van der Waals surface area contributed by atoms with Crippen LogP contribution in [0.1, 0.15) is 13.8 Å². The zero-order chi connectivity index (χ0) is 13.9. The lowest BCUT2D eigenvalue weighted by molar-refractivity contribution is -0.0723. The van der Waals surface area contributed by atoms with E-state index in [4.69, 9.17) is 4.74 Å². The second-order valence-electron chi connectivity index (χ2n) is 5.42. The number of thioether (sulfide) groups is 1. The van der Waals surface area contributed by atoms with E-state index in [-0.39, 0.29) is 16.7 Å². The summed E-state index contributed by atoms with van der Waals surface area (Å²) < 4.78 is 30.0. The maximum absolute atomic E-state index is 12.1. The Morgan fingerprint density at radius 2 is 2.21 bits per heavy atom. The molecule has 1 N–H and O–H groups in total. The third kappa shape index (κ3) is 3.85. The lowest BCUT2D eigenvalue weighted by Crippen LogP contribution is -2.59.